The molecule has 0 N–H and O–H groups in total. The SMILES string of the molecule is CC(c1ccon1)N(C)C(=O)CCCOc1ccccc1. The molecule has 2 aromatic rings. The molecule has 1 aromatic carbocycles. The van der Waals surface area contributed by atoms with Crippen LogP contribution in [0.1, 0.15) is 31.5 Å². The monoisotopic (exact) mass is 288 g/mol. The Labute approximate surface area is 124 Å². The van der Waals surface area contributed by atoms with Crippen molar-refractivity contribution in [2.75, 3.05) is 13.7 Å². The van der Waals surface area contributed by atoms with Crippen LogP contribution in [0.4, 0.5) is 0 Å². The quantitative estimate of drug-likeness (QED) is 0.735. The molecule has 1 heterocycles. The zero-order chi connectivity index (χ0) is 15.1. The minimum atomic E-state index is -0.0914. The first kappa shape index (κ1) is 15.1. The Morgan fingerprint density at radius 3 is 2.76 bits per heavy atom. The van der Waals surface area contributed by atoms with Gasteiger partial charge in [0.1, 0.15) is 17.7 Å². The van der Waals surface area contributed by atoms with Gasteiger partial charge < -0.3 is 14.2 Å². The summed E-state index contributed by atoms with van der Waals surface area (Å²) in [6.45, 7) is 2.46. The van der Waals surface area contributed by atoms with Crippen molar-refractivity contribution in [3.8, 4) is 5.75 Å². The van der Waals surface area contributed by atoms with E-state index in [9.17, 15) is 4.79 Å². The molecular weight excluding hydrogens is 268 g/mol. The lowest BCUT2D eigenvalue weighted by atomic mass is 10.2. The minimum Gasteiger partial charge on any atom is -0.494 e. The maximum atomic E-state index is 12.1. The first-order valence-electron chi connectivity index (χ1n) is 7.02. The number of carbonyl (C=O) groups is 1. The van der Waals surface area contributed by atoms with Crippen molar-refractivity contribution in [3.63, 3.8) is 0 Å². The van der Waals surface area contributed by atoms with E-state index in [2.05, 4.69) is 5.16 Å². The second kappa shape index (κ2) is 7.47. The molecule has 0 aliphatic carbocycles. The molecule has 0 aliphatic rings. The van der Waals surface area contributed by atoms with E-state index in [-0.39, 0.29) is 11.9 Å². The summed E-state index contributed by atoms with van der Waals surface area (Å²) in [4.78, 5) is 13.8. The van der Waals surface area contributed by atoms with Gasteiger partial charge in [-0.2, -0.15) is 0 Å². The van der Waals surface area contributed by atoms with E-state index in [0.717, 1.165) is 11.4 Å². The van der Waals surface area contributed by atoms with Crippen molar-refractivity contribution in [1.82, 2.24) is 10.1 Å². The zero-order valence-electron chi connectivity index (χ0n) is 12.4. The molecule has 0 saturated carbocycles. The summed E-state index contributed by atoms with van der Waals surface area (Å²) in [7, 11) is 1.78. The van der Waals surface area contributed by atoms with Crippen LogP contribution in [0.3, 0.4) is 0 Å². The number of amides is 1. The van der Waals surface area contributed by atoms with Crippen LogP contribution in [0.2, 0.25) is 0 Å². The Hall–Kier alpha value is -2.30. The number of ether oxygens (including phenoxy) is 1. The largest absolute Gasteiger partial charge is 0.494 e. The molecule has 1 aromatic heterocycles. The maximum Gasteiger partial charge on any atom is 0.222 e. The first-order chi connectivity index (χ1) is 10.2. The Bertz CT molecular complexity index is 540. The number of carbonyl (C=O) groups excluding carboxylic acids is 1. The van der Waals surface area contributed by atoms with Crippen molar-refractivity contribution < 1.29 is 14.1 Å². The van der Waals surface area contributed by atoms with Crippen LogP contribution in [0.25, 0.3) is 0 Å². The molecule has 1 atom stereocenters. The maximum absolute atomic E-state index is 12.1. The van der Waals surface area contributed by atoms with Gasteiger partial charge in [0, 0.05) is 19.5 Å². The highest BCUT2D eigenvalue weighted by molar-refractivity contribution is 5.76. The third kappa shape index (κ3) is 4.34. The summed E-state index contributed by atoms with van der Waals surface area (Å²) >= 11 is 0. The van der Waals surface area contributed by atoms with Crippen molar-refractivity contribution in [3.05, 3.63) is 48.4 Å². The van der Waals surface area contributed by atoms with E-state index < -0.39 is 0 Å². The van der Waals surface area contributed by atoms with Gasteiger partial charge >= 0.3 is 0 Å². The molecule has 1 amide bonds. The van der Waals surface area contributed by atoms with Crippen molar-refractivity contribution in [2.24, 2.45) is 0 Å². The van der Waals surface area contributed by atoms with Crippen LogP contribution in [-0.4, -0.2) is 29.6 Å². The lowest BCUT2D eigenvalue weighted by molar-refractivity contribution is -0.132. The van der Waals surface area contributed by atoms with Crippen molar-refractivity contribution in [2.45, 2.75) is 25.8 Å². The molecule has 5 heteroatoms. The number of aromatic nitrogens is 1. The van der Waals surface area contributed by atoms with E-state index in [0.29, 0.717) is 19.4 Å². The highest BCUT2D eigenvalue weighted by Crippen LogP contribution is 2.17. The van der Waals surface area contributed by atoms with E-state index >= 15 is 0 Å². The lowest BCUT2D eigenvalue weighted by Crippen LogP contribution is -2.29. The second-order valence-corrected chi connectivity index (χ2v) is 4.87. The fraction of sp³-hybridized carbons (Fsp3) is 0.375. The lowest BCUT2D eigenvalue weighted by Gasteiger charge is -2.23. The molecule has 0 spiro atoms. The number of benzene rings is 1. The number of hydrogen-bond donors (Lipinski definition) is 0. The summed E-state index contributed by atoms with van der Waals surface area (Å²) in [6.07, 6.45) is 2.65. The Morgan fingerprint density at radius 1 is 1.33 bits per heavy atom. The van der Waals surface area contributed by atoms with Crippen molar-refractivity contribution in [1.29, 1.82) is 0 Å². The Kier molecular flexibility index (Phi) is 5.37. The van der Waals surface area contributed by atoms with Gasteiger partial charge in [-0.15, -0.1) is 0 Å². The van der Waals surface area contributed by atoms with Crippen LogP contribution >= 0.6 is 0 Å². The van der Waals surface area contributed by atoms with Gasteiger partial charge in [-0.1, -0.05) is 23.4 Å². The molecule has 0 saturated heterocycles. The Morgan fingerprint density at radius 2 is 2.10 bits per heavy atom. The standard InChI is InChI=1S/C16H20N2O3/c1-13(15-10-12-21-17-15)18(2)16(19)9-6-11-20-14-7-4-3-5-8-14/h3-5,7-8,10,12-13H,6,9,11H2,1-2H3. The van der Waals surface area contributed by atoms with Crippen LogP contribution in [-0.2, 0) is 4.79 Å². The van der Waals surface area contributed by atoms with Crippen LogP contribution in [0, 0.1) is 0 Å². The van der Waals surface area contributed by atoms with Gasteiger partial charge in [0.2, 0.25) is 5.91 Å². The topological polar surface area (TPSA) is 55.6 Å². The molecule has 5 nitrogen and oxygen atoms in total. The van der Waals surface area contributed by atoms with Crippen LogP contribution in [0.5, 0.6) is 5.75 Å². The molecule has 0 bridgehead atoms. The number of nitrogens with zero attached hydrogens (tertiary/aromatic N) is 2. The van der Waals surface area contributed by atoms with Gasteiger partial charge in [0.05, 0.1) is 12.6 Å². The third-order valence-electron chi connectivity index (χ3n) is 3.41. The molecule has 0 fully saturated rings. The fourth-order valence-electron chi connectivity index (χ4n) is 1.96. The van der Waals surface area contributed by atoms with E-state index in [4.69, 9.17) is 9.26 Å². The van der Waals surface area contributed by atoms with Crippen LogP contribution in [0.15, 0.2) is 47.2 Å². The summed E-state index contributed by atoms with van der Waals surface area (Å²) < 4.78 is 10.4. The van der Waals surface area contributed by atoms with Crippen LogP contribution < -0.4 is 4.74 Å². The third-order valence-corrected chi connectivity index (χ3v) is 3.41. The molecule has 0 aliphatic heterocycles. The summed E-state index contributed by atoms with van der Waals surface area (Å²) in [5.74, 6) is 0.899. The van der Waals surface area contributed by atoms with E-state index in [1.807, 2.05) is 37.3 Å². The molecule has 1 unspecified atom stereocenters. The second-order valence-electron chi connectivity index (χ2n) is 4.87. The minimum absolute atomic E-state index is 0.0714. The highest BCUT2D eigenvalue weighted by Gasteiger charge is 2.18. The summed E-state index contributed by atoms with van der Waals surface area (Å²) in [5, 5.41) is 3.86. The average molecular weight is 288 g/mol. The predicted molar refractivity (Wildman–Crippen MR) is 78.9 cm³/mol. The summed E-state index contributed by atoms with van der Waals surface area (Å²) in [5.41, 5.74) is 0.756. The van der Waals surface area contributed by atoms with E-state index in [1.165, 1.54) is 6.26 Å². The average Bonchev–Trinajstić information content (AvgIpc) is 3.05. The van der Waals surface area contributed by atoms with Gasteiger partial charge in [-0.25, -0.2) is 0 Å². The smallest absolute Gasteiger partial charge is 0.222 e. The number of para-hydroxylation sites is 1. The zero-order valence-corrected chi connectivity index (χ0v) is 12.4. The van der Waals surface area contributed by atoms with E-state index in [1.54, 1.807) is 18.0 Å². The fourth-order valence-corrected chi connectivity index (χ4v) is 1.96. The van der Waals surface area contributed by atoms with Crippen molar-refractivity contribution >= 4 is 5.91 Å². The van der Waals surface area contributed by atoms with Gasteiger partial charge in [-0.3, -0.25) is 4.79 Å². The normalized spacial score (nSPS) is 11.9. The molecular formula is C16H20N2O3. The van der Waals surface area contributed by atoms with Gasteiger partial charge in [-0.05, 0) is 25.5 Å². The molecule has 0 radical (unpaired) electrons. The highest BCUT2D eigenvalue weighted by atomic mass is 16.5. The Balaban J connectivity index is 1.72. The number of rotatable bonds is 7. The number of hydrogen-bond acceptors (Lipinski definition) is 4. The van der Waals surface area contributed by atoms with Gasteiger partial charge in [0.25, 0.3) is 0 Å². The molecule has 112 valence electrons. The predicted octanol–water partition coefficient (Wildman–Crippen LogP) is 3.05. The molecule has 21 heavy (non-hydrogen) atoms. The molecule has 2 rings (SSSR count). The van der Waals surface area contributed by atoms with Gasteiger partial charge in [0.15, 0.2) is 0 Å². The first-order valence-corrected chi connectivity index (χ1v) is 7.02. The summed E-state index contributed by atoms with van der Waals surface area (Å²) in [6, 6.07) is 11.3.